The van der Waals surface area contributed by atoms with Crippen LogP contribution >= 0.6 is 0 Å². The van der Waals surface area contributed by atoms with Gasteiger partial charge in [-0.2, -0.15) is 5.10 Å². The molecule has 1 fully saturated rings. The Balaban J connectivity index is 1.87. The molecular weight excluding hydrogens is 276 g/mol. The van der Waals surface area contributed by atoms with Crippen molar-refractivity contribution in [3.63, 3.8) is 0 Å². The number of hydrogen-bond donors (Lipinski definition) is 1. The summed E-state index contributed by atoms with van der Waals surface area (Å²) in [6, 6.07) is 10.0. The Labute approximate surface area is 130 Å². The van der Waals surface area contributed by atoms with Crippen molar-refractivity contribution in [2.75, 3.05) is 17.2 Å². The maximum atomic E-state index is 12.8. The van der Waals surface area contributed by atoms with E-state index >= 15 is 0 Å². The van der Waals surface area contributed by atoms with E-state index in [0.29, 0.717) is 24.0 Å². The predicted octanol–water partition coefficient (Wildman–Crippen LogP) is 3.25. The van der Waals surface area contributed by atoms with Crippen molar-refractivity contribution in [2.24, 2.45) is 0 Å². The molecule has 0 spiro atoms. The van der Waals surface area contributed by atoms with Gasteiger partial charge in [0, 0.05) is 18.4 Å². The maximum Gasteiger partial charge on any atom is 0.280 e. The summed E-state index contributed by atoms with van der Waals surface area (Å²) < 4.78 is 1.88. The fourth-order valence-corrected chi connectivity index (χ4v) is 3.11. The molecule has 1 aliphatic carbocycles. The fourth-order valence-electron chi connectivity index (χ4n) is 3.11. The molecule has 116 valence electrons. The zero-order chi connectivity index (χ0) is 15.5. The zero-order valence-corrected chi connectivity index (χ0v) is 12.9. The number of hydrogen-bond acceptors (Lipinski definition) is 3. The molecule has 1 aromatic carbocycles. The second-order valence-corrected chi connectivity index (χ2v) is 5.74. The van der Waals surface area contributed by atoms with Gasteiger partial charge in [-0.25, -0.2) is 0 Å². The first kappa shape index (κ1) is 14.6. The van der Waals surface area contributed by atoms with Crippen LogP contribution in [0.3, 0.4) is 0 Å². The van der Waals surface area contributed by atoms with Crippen LogP contribution in [0.5, 0.6) is 0 Å². The topological polar surface area (TPSA) is 64.2 Å². The molecule has 22 heavy (non-hydrogen) atoms. The molecule has 1 saturated carbocycles. The number of nitrogens with zero attached hydrogens (tertiary/aromatic N) is 3. The molecule has 0 atom stereocenters. The molecule has 5 heteroatoms. The van der Waals surface area contributed by atoms with Gasteiger partial charge in [0.2, 0.25) is 0 Å². The molecule has 2 aromatic rings. The van der Waals surface area contributed by atoms with E-state index in [-0.39, 0.29) is 5.91 Å². The average Bonchev–Trinajstić information content (AvgIpc) is 3.18. The van der Waals surface area contributed by atoms with Crippen molar-refractivity contribution in [3.8, 4) is 0 Å². The number of carbonyl (C=O) groups is 1. The lowest BCUT2D eigenvalue weighted by atomic mass is 10.2. The molecule has 2 N–H and O–H groups in total. The van der Waals surface area contributed by atoms with Crippen LogP contribution in [0.4, 0.5) is 11.4 Å². The van der Waals surface area contributed by atoms with Crippen molar-refractivity contribution in [3.05, 3.63) is 42.2 Å². The van der Waals surface area contributed by atoms with Crippen LogP contribution < -0.4 is 10.6 Å². The van der Waals surface area contributed by atoms with Crippen LogP contribution in [0.1, 0.15) is 49.1 Å². The number of carbonyl (C=O) groups excluding carboxylic acids is 1. The number of para-hydroxylation sites is 1. The van der Waals surface area contributed by atoms with Crippen LogP contribution in [-0.2, 0) is 0 Å². The number of nitrogens with two attached hydrogens (primary N) is 1. The van der Waals surface area contributed by atoms with Crippen LogP contribution in [-0.4, -0.2) is 22.2 Å². The lowest BCUT2D eigenvalue weighted by Crippen LogP contribution is -2.31. The lowest BCUT2D eigenvalue weighted by Gasteiger charge is -2.20. The van der Waals surface area contributed by atoms with Crippen molar-refractivity contribution < 1.29 is 4.79 Å². The lowest BCUT2D eigenvalue weighted by molar-refractivity contribution is 0.0983. The summed E-state index contributed by atoms with van der Waals surface area (Å²) in [6.45, 7) is 2.54. The monoisotopic (exact) mass is 298 g/mol. The van der Waals surface area contributed by atoms with E-state index in [0.717, 1.165) is 18.5 Å². The molecule has 0 saturated heterocycles. The van der Waals surface area contributed by atoms with Gasteiger partial charge < -0.3 is 10.6 Å². The van der Waals surface area contributed by atoms with Crippen molar-refractivity contribution in [1.82, 2.24) is 9.78 Å². The Hall–Kier alpha value is -2.30. The van der Waals surface area contributed by atoms with E-state index in [1.165, 1.54) is 12.8 Å². The minimum absolute atomic E-state index is 0.136. The van der Waals surface area contributed by atoms with E-state index in [1.54, 1.807) is 4.90 Å². The summed E-state index contributed by atoms with van der Waals surface area (Å²) in [6.07, 6.45) is 6.48. The minimum Gasteiger partial charge on any atom is -0.396 e. The molecule has 0 bridgehead atoms. The van der Waals surface area contributed by atoms with Gasteiger partial charge in [-0.05, 0) is 31.9 Å². The molecule has 0 radical (unpaired) electrons. The summed E-state index contributed by atoms with van der Waals surface area (Å²) in [7, 11) is 0. The summed E-state index contributed by atoms with van der Waals surface area (Å²) in [5.74, 6) is -0.136. The molecule has 0 aliphatic heterocycles. The highest BCUT2D eigenvalue weighted by Gasteiger charge is 2.25. The Morgan fingerprint density at radius 3 is 2.64 bits per heavy atom. The van der Waals surface area contributed by atoms with Gasteiger partial charge in [-0.15, -0.1) is 0 Å². The van der Waals surface area contributed by atoms with Gasteiger partial charge in [0.25, 0.3) is 5.91 Å². The predicted molar refractivity (Wildman–Crippen MR) is 87.9 cm³/mol. The van der Waals surface area contributed by atoms with Gasteiger partial charge >= 0.3 is 0 Å². The number of aromatic nitrogens is 2. The number of benzene rings is 1. The second-order valence-electron chi connectivity index (χ2n) is 5.74. The molecule has 0 unspecified atom stereocenters. The number of anilines is 2. The SMILES string of the molecule is CCN(C(=O)c1nn(C2CCCC2)cc1N)c1ccccc1. The molecule has 1 aliphatic rings. The molecule has 5 nitrogen and oxygen atoms in total. The molecule has 1 aromatic heterocycles. The number of amides is 1. The van der Waals surface area contributed by atoms with E-state index in [1.807, 2.05) is 48.1 Å². The van der Waals surface area contributed by atoms with E-state index in [2.05, 4.69) is 5.10 Å². The molecule has 1 heterocycles. The van der Waals surface area contributed by atoms with Crippen LogP contribution in [0.25, 0.3) is 0 Å². The summed E-state index contributed by atoms with van der Waals surface area (Å²) in [5.41, 5.74) is 7.74. The third-order valence-electron chi connectivity index (χ3n) is 4.29. The largest absolute Gasteiger partial charge is 0.396 e. The van der Waals surface area contributed by atoms with Crippen LogP contribution in [0.2, 0.25) is 0 Å². The first-order valence-electron chi connectivity index (χ1n) is 7.92. The summed E-state index contributed by atoms with van der Waals surface area (Å²) in [4.78, 5) is 14.5. The Bertz CT molecular complexity index is 644. The van der Waals surface area contributed by atoms with E-state index < -0.39 is 0 Å². The number of nitrogen functional groups attached to an aromatic ring is 1. The first-order valence-corrected chi connectivity index (χ1v) is 7.92. The molecular formula is C17H22N4O. The smallest absolute Gasteiger partial charge is 0.280 e. The summed E-state index contributed by atoms with van der Waals surface area (Å²) >= 11 is 0. The second kappa shape index (κ2) is 6.22. The zero-order valence-electron chi connectivity index (χ0n) is 12.9. The first-order chi connectivity index (χ1) is 10.7. The summed E-state index contributed by atoms with van der Waals surface area (Å²) in [5, 5.41) is 4.49. The van der Waals surface area contributed by atoms with Crippen LogP contribution in [0.15, 0.2) is 36.5 Å². The van der Waals surface area contributed by atoms with Gasteiger partial charge in [-0.1, -0.05) is 31.0 Å². The minimum atomic E-state index is -0.136. The van der Waals surface area contributed by atoms with Gasteiger partial charge in [0.15, 0.2) is 5.69 Å². The van der Waals surface area contributed by atoms with Gasteiger partial charge in [0.05, 0.1) is 11.7 Å². The maximum absolute atomic E-state index is 12.8. The third-order valence-corrected chi connectivity index (χ3v) is 4.29. The van der Waals surface area contributed by atoms with E-state index in [4.69, 9.17) is 5.73 Å². The molecule has 1 amide bonds. The quantitative estimate of drug-likeness (QED) is 0.942. The van der Waals surface area contributed by atoms with Crippen molar-refractivity contribution >= 4 is 17.3 Å². The fraction of sp³-hybridized carbons (Fsp3) is 0.412. The normalized spacial score (nSPS) is 15.1. The Kier molecular flexibility index (Phi) is 4.13. The van der Waals surface area contributed by atoms with E-state index in [9.17, 15) is 4.79 Å². The molecule has 3 rings (SSSR count). The van der Waals surface area contributed by atoms with Crippen LogP contribution in [0, 0.1) is 0 Å². The average molecular weight is 298 g/mol. The van der Waals surface area contributed by atoms with Crippen molar-refractivity contribution in [2.45, 2.75) is 38.6 Å². The highest BCUT2D eigenvalue weighted by Crippen LogP contribution is 2.30. The standard InChI is InChI=1S/C17H22N4O/c1-2-20(13-8-4-3-5-9-13)17(22)16-15(18)12-21(19-16)14-10-6-7-11-14/h3-5,8-9,12,14H,2,6-7,10-11,18H2,1H3. The van der Waals surface area contributed by atoms with Crippen molar-refractivity contribution in [1.29, 1.82) is 0 Å². The highest BCUT2D eigenvalue weighted by atomic mass is 16.2. The Morgan fingerprint density at radius 1 is 1.32 bits per heavy atom. The third kappa shape index (κ3) is 2.71. The van der Waals surface area contributed by atoms with Gasteiger partial charge in [-0.3, -0.25) is 9.48 Å². The Morgan fingerprint density at radius 2 is 2.00 bits per heavy atom. The highest BCUT2D eigenvalue weighted by molar-refractivity contribution is 6.07. The van der Waals surface area contributed by atoms with Gasteiger partial charge in [0.1, 0.15) is 0 Å². The number of rotatable bonds is 4.